The number of ether oxygens (including phenoxy) is 2. The van der Waals surface area contributed by atoms with E-state index in [1.54, 1.807) is 37.4 Å². The zero-order valence-corrected chi connectivity index (χ0v) is 15.2. The number of para-hydroxylation sites is 1. The molecule has 3 aromatic rings. The van der Waals surface area contributed by atoms with Crippen molar-refractivity contribution in [3.8, 4) is 11.5 Å². The van der Waals surface area contributed by atoms with E-state index in [9.17, 15) is 4.79 Å². The predicted molar refractivity (Wildman–Crippen MR) is 106 cm³/mol. The first-order valence-corrected chi connectivity index (χ1v) is 8.59. The first-order valence-electron chi connectivity index (χ1n) is 8.18. The van der Waals surface area contributed by atoms with Gasteiger partial charge in [-0.2, -0.15) is 0 Å². The summed E-state index contributed by atoms with van der Waals surface area (Å²) in [6.07, 6.45) is 0. The molecule has 0 saturated carbocycles. The second kappa shape index (κ2) is 6.44. The molecule has 0 fully saturated rings. The maximum atomic E-state index is 12.8. The normalized spacial score (nSPS) is 16.0. The van der Waals surface area contributed by atoms with E-state index in [4.69, 9.17) is 37.6 Å². The van der Waals surface area contributed by atoms with Crippen LogP contribution in [0.5, 0.6) is 11.5 Å². The highest BCUT2D eigenvalue weighted by molar-refractivity contribution is 7.80. The molecule has 4 N–H and O–H groups in total. The van der Waals surface area contributed by atoms with E-state index in [1.807, 2.05) is 18.2 Å². The summed E-state index contributed by atoms with van der Waals surface area (Å²) in [7, 11) is 1.58. The van der Waals surface area contributed by atoms with Crippen molar-refractivity contribution in [1.82, 2.24) is 0 Å². The van der Waals surface area contributed by atoms with Gasteiger partial charge in [-0.05, 0) is 29.8 Å². The van der Waals surface area contributed by atoms with E-state index in [-0.39, 0.29) is 10.9 Å². The molecule has 0 amide bonds. The molecule has 1 aromatic heterocycles. The molecule has 1 unspecified atom stereocenters. The van der Waals surface area contributed by atoms with Crippen LogP contribution in [0.25, 0.3) is 11.0 Å². The monoisotopic (exact) mass is 380 g/mol. The van der Waals surface area contributed by atoms with Crippen LogP contribution in [0.3, 0.4) is 0 Å². The highest BCUT2D eigenvalue weighted by Gasteiger charge is 2.36. The zero-order chi connectivity index (χ0) is 19.1. The Balaban J connectivity index is 2.04. The molecule has 7 heteroatoms. The summed E-state index contributed by atoms with van der Waals surface area (Å²) in [5.74, 6) is 0.523. The molecule has 4 rings (SSSR count). The molecule has 136 valence electrons. The standard InChI is InChI=1S/C20H16N2O4S/c1-24-11-8-6-10(7-9-11)14-15-17(26-18(21)16(14)19(22)27)12-4-2-3-5-13(12)25-20(15)23/h2-9,14H,21H2,1H3,(H2,22,27). The molecule has 0 spiro atoms. The van der Waals surface area contributed by atoms with Crippen molar-refractivity contribution >= 4 is 28.2 Å². The second-order valence-corrected chi connectivity index (χ2v) is 6.52. The SMILES string of the molecule is COc1ccc(C2C(C(N)=S)=C(N)Oc3c2c(=O)oc2ccccc32)cc1. The average Bonchev–Trinajstić information content (AvgIpc) is 2.67. The molecular formula is C20H16N2O4S. The molecule has 27 heavy (non-hydrogen) atoms. The maximum Gasteiger partial charge on any atom is 0.344 e. The van der Waals surface area contributed by atoms with Gasteiger partial charge in [0.05, 0.1) is 29.6 Å². The van der Waals surface area contributed by atoms with Crippen molar-refractivity contribution in [1.29, 1.82) is 0 Å². The van der Waals surface area contributed by atoms with Gasteiger partial charge in [-0.1, -0.05) is 36.5 Å². The lowest BCUT2D eigenvalue weighted by atomic mass is 9.83. The number of thiocarbonyl (C=S) groups is 1. The van der Waals surface area contributed by atoms with Gasteiger partial charge in [0.25, 0.3) is 0 Å². The quantitative estimate of drug-likeness (QED) is 0.532. The Bertz CT molecular complexity index is 1150. The average molecular weight is 380 g/mol. The minimum Gasteiger partial charge on any atom is -0.497 e. The summed E-state index contributed by atoms with van der Waals surface area (Å²) in [4.78, 5) is 12.9. The number of methoxy groups -OCH3 is 1. The van der Waals surface area contributed by atoms with Gasteiger partial charge in [-0.15, -0.1) is 0 Å². The number of hydrogen-bond acceptors (Lipinski definition) is 6. The predicted octanol–water partition coefficient (Wildman–Crippen LogP) is 2.78. The van der Waals surface area contributed by atoms with Crippen LogP contribution in [0.15, 0.2) is 69.2 Å². The largest absolute Gasteiger partial charge is 0.497 e. The fraction of sp³-hybridized carbons (Fsp3) is 0.100. The number of hydrogen-bond donors (Lipinski definition) is 2. The molecular weight excluding hydrogens is 364 g/mol. The molecule has 2 aromatic carbocycles. The van der Waals surface area contributed by atoms with Gasteiger partial charge in [-0.3, -0.25) is 0 Å². The van der Waals surface area contributed by atoms with Crippen LogP contribution < -0.4 is 26.6 Å². The topological polar surface area (TPSA) is 101 Å². The summed E-state index contributed by atoms with van der Waals surface area (Å²) in [5.41, 5.74) is 13.4. The summed E-state index contributed by atoms with van der Waals surface area (Å²) >= 11 is 5.19. The van der Waals surface area contributed by atoms with E-state index < -0.39 is 11.5 Å². The third-order valence-corrected chi connectivity index (χ3v) is 4.79. The van der Waals surface area contributed by atoms with Gasteiger partial charge in [0.2, 0.25) is 0 Å². The molecule has 0 aliphatic carbocycles. The van der Waals surface area contributed by atoms with Crippen LogP contribution in [0, 0.1) is 0 Å². The van der Waals surface area contributed by atoms with Crippen molar-refractivity contribution in [2.75, 3.05) is 7.11 Å². The molecule has 0 saturated heterocycles. The van der Waals surface area contributed by atoms with Crippen molar-refractivity contribution in [3.63, 3.8) is 0 Å². The molecule has 6 nitrogen and oxygen atoms in total. The van der Waals surface area contributed by atoms with Crippen LogP contribution in [-0.4, -0.2) is 12.1 Å². The molecule has 1 aliphatic rings. The van der Waals surface area contributed by atoms with Crippen LogP contribution in [0.2, 0.25) is 0 Å². The lowest BCUT2D eigenvalue weighted by molar-refractivity contribution is 0.389. The Labute approximate surface area is 160 Å². The molecule has 0 radical (unpaired) electrons. The maximum absolute atomic E-state index is 12.8. The summed E-state index contributed by atoms with van der Waals surface area (Å²) in [6.45, 7) is 0. The second-order valence-electron chi connectivity index (χ2n) is 6.08. The number of benzene rings is 2. The first-order chi connectivity index (χ1) is 13.0. The Morgan fingerprint density at radius 2 is 1.85 bits per heavy atom. The minimum atomic E-state index is -0.599. The third-order valence-electron chi connectivity index (χ3n) is 4.57. The van der Waals surface area contributed by atoms with Gasteiger partial charge in [-0.25, -0.2) is 4.79 Å². The first kappa shape index (κ1) is 17.1. The van der Waals surface area contributed by atoms with E-state index in [0.717, 1.165) is 5.56 Å². The summed E-state index contributed by atoms with van der Waals surface area (Å²) in [6, 6.07) is 14.4. The van der Waals surface area contributed by atoms with Crippen LogP contribution in [0.1, 0.15) is 17.0 Å². The van der Waals surface area contributed by atoms with Crippen LogP contribution >= 0.6 is 12.2 Å². The molecule has 2 heterocycles. The number of fused-ring (bicyclic) bond motifs is 3. The Morgan fingerprint density at radius 1 is 1.15 bits per heavy atom. The van der Waals surface area contributed by atoms with Gasteiger partial charge in [0, 0.05) is 0 Å². The van der Waals surface area contributed by atoms with Gasteiger partial charge >= 0.3 is 5.63 Å². The van der Waals surface area contributed by atoms with Crippen molar-refractivity contribution in [2.24, 2.45) is 11.5 Å². The summed E-state index contributed by atoms with van der Waals surface area (Å²) in [5, 5.41) is 0.649. The van der Waals surface area contributed by atoms with Crippen molar-refractivity contribution in [3.05, 3.63) is 81.5 Å². The Hall–Kier alpha value is -3.32. The van der Waals surface area contributed by atoms with Gasteiger partial charge in [0.1, 0.15) is 16.3 Å². The van der Waals surface area contributed by atoms with Crippen molar-refractivity contribution < 1.29 is 13.9 Å². The zero-order valence-electron chi connectivity index (χ0n) is 14.4. The van der Waals surface area contributed by atoms with E-state index in [1.165, 1.54) is 0 Å². The number of rotatable bonds is 3. The molecule has 0 bridgehead atoms. The summed E-state index contributed by atoms with van der Waals surface area (Å²) < 4.78 is 16.5. The third kappa shape index (κ3) is 2.72. The van der Waals surface area contributed by atoms with Crippen molar-refractivity contribution in [2.45, 2.75) is 5.92 Å². The van der Waals surface area contributed by atoms with Crippen LogP contribution in [0.4, 0.5) is 0 Å². The van der Waals surface area contributed by atoms with E-state index >= 15 is 0 Å². The smallest absolute Gasteiger partial charge is 0.344 e. The lowest BCUT2D eigenvalue weighted by Crippen LogP contribution is -2.32. The highest BCUT2D eigenvalue weighted by Crippen LogP contribution is 2.43. The van der Waals surface area contributed by atoms with E-state index in [0.29, 0.717) is 33.6 Å². The highest BCUT2D eigenvalue weighted by atomic mass is 32.1. The Morgan fingerprint density at radius 3 is 2.52 bits per heavy atom. The minimum absolute atomic E-state index is 0.0616. The fourth-order valence-corrected chi connectivity index (χ4v) is 3.56. The number of nitrogens with two attached hydrogens (primary N) is 2. The molecule has 1 atom stereocenters. The van der Waals surface area contributed by atoms with Gasteiger partial charge < -0.3 is 25.4 Å². The lowest BCUT2D eigenvalue weighted by Gasteiger charge is -2.28. The van der Waals surface area contributed by atoms with Crippen LogP contribution in [-0.2, 0) is 0 Å². The fourth-order valence-electron chi connectivity index (χ4n) is 3.34. The van der Waals surface area contributed by atoms with E-state index in [2.05, 4.69) is 0 Å². The Kier molecular flexibility index (Phi) is 4.08. The molecule has 1 aliphatic heterocycles. The van der Waals surface area contributed by atoms with Gasteiger partial charge in [0.15, 0.2) is 11.6 Å².